The predicted molar refractivity (Wildman–Crippen MR) is 82.0 cm³/mol. The molecule has 1 aliphatic heterocycles. The van der Waals surface area contributed by atoms with Crippen molar-refractivity contribution in [2.24, 2.45) is 5.92 Å². The summed E-state index contributed by atoms with van der Waals surface area (Å²) in [4.78, 5) is 4.56. The Balaban J connectivity index is 2.15. The molecule has 104 valence electrons. The summed E-state index contributed by atoms with van der Waals surface area (Å²) in [7, 11) is 0. The zero-order valence-corrected chi connectivity index (χ0v) is 12.8. The first kappa shape index (κ1) is 14.5. The number of hydrogen-bond donors (Lipinski definition) is 1. The van der Waals surface area contributed by atoms with E-state index < -0.39 is 5.60 Å². The Morgan fingerprint density at radius 1 is 1.32 bits per heavy atom. The van der Waals surface area contributed by atoms with Gasteiger partial charge in [-0.25, -0.2) is 0 Å². The first-order valence-corrected chi connectivity index (χ1v) is 7.70. The van der Waals surface area contributed by atoms with Crippen molar-refractivity contribution in [1.82, 2.24) is 4.90 Å². The molecule has 1 unspecified atom stereocenters. The smallest absolute Gasteiger partial charge is 0.0961 e. The van der Waals surface area contributed by atoms with Gasteiger partial charge in [0, 0.05) is 29.1 Å². The molecule has 1 aliphatic rings. The topological polar surface area (TPSA) is 23.5 Å². The van der Waals surface area contributed by atoms with Gasteiger partial charge in [-0.05, 0) is 31.4 Å². The van der Waals surface area contributed by atoms with Crippen molar-refractivity contribution in [1.29, 1.82) is 0 Å². The first-order valence-electron chi connectivity index (χ1n) is 6.89. The summed E-state index contributed by atoms with van der Waals surface area (Å²) in [5.74, 6) is 0.641. The third kappa shape index (κ3) is 4.02. The molecule has 19 heavy (non-hydrogen) atoms. The molecule has 0 aliphatic carbocycles. The standard InChI is InChI=1S/C16H23NOS/c1-13(2)11-17-10-9-16(3,18)15(12-17)19-14-7-5-4-6-8-14/h4-8,12-13,18H,9-11H2,1-3H3. The minimum Gasteiger partial charge on any atom is -0.385 e. The molecule has 0 aromatic heterocycles. The van der Waals surface area contributed by atoms with Crippen LogP contribution in [0.2, 0.25) is 0 Å². The molecule has 0 amide bonds. The zero-order chi connectivity index (χ0) is 13.9. The number of hydrogen-bond acceptors (Lipinski definition) is 3. The van der Waals surface area contributed by atoms with Crippen LogP contribution in [0.5, 0.6) is 0 Å². The lowest BCUT2D eigenvalue weighted by atomic mass is 9.98. The molecule has 1 aromatic carbocycles. The molecule has 0 fully saturated rings. The van der Waals surface area contributed by atoms with E-state index in [-0.39, 0.29) is 0 Å². The number of thioether (sulfide) groups is 1. The fraction of sp³-hybridized carbons (Fsp3) is 0.500. The molecule has 0 bridgehead atoms. The third-order valence-corrected chi connectivity index (χ3v) is 4.56. The van der Waals surface area contributed by atoms with Gasteiger partial charge in [0.2, 0.25) is 0 Å². The van der Waals surface area contributed by atoms with E-state index in [4.69, 9.17) is 0 Å². The van der Waals surface area contributed by atoms with E-state index in [0.717, 1.165) is 24.4 Å². The summed E-state index contributed by atoms with van der Waals surface area (Å²) in [5.41, 5.74) is -0.700. The van der Waals surface area contributed by atoms with E-state index in [1.165, 1.54) is 4.90 Å². The third-order valence-electron chi connectivity index (χ3n) is 3.29. The van der Waals surface area contributed by atoms with Crippen LogP contribution in [-0.2, 0) is 0 Å². The molecule has 0 spiro atoms. The average Bonchev–Trinajstić information content (AvgIpc) is 2.34. The summed E-state index contributed by atoms with van der Waals surface area (Å²) in [5, 5.41) is 10.5. The fourth-order valence-corrected chi connectivity index (χ4v) is 3.29. The van der Waals surface area contributed by atoms with E-state index in [0.29, 0.717) is 5.92 Å². The van der Waals surface area contributed by atoms with Crippen LogP contribution in [0.25, 0.3) is 0 Å². The lowest BCUT2D eigenvalue weighted by Crippen LogP contribution is -2.38. The highest BCUT2D eigenvalue weighted by Gasteiger charge is 2.31. The molecule has 0 radical (unpaired) electrons. The van der Waals surface area contributed by atoms with Crippen molar-refractivity contribution in [2.75, 3.05) is 13.1 Å². The summed E-state index contributed by atoms with van der Waals surface area (Å²) >= 11 is 1.67. The Kier molecular flexibility index (Phi) is 4.58. The summed E-state index contributed by atoms with van der Waals surface area (Å²) in [6.07, 6.45) is 2.94. The Bertz CT molecular complexity index is 439. The lowest BCUT2D eigenvalue weighted by molar-refractivity contribution is 0.0732. The van der Waals surface area contributed by atoms with E-state index >= 15 is 0 Å². The van der Waals surface area contributed by atoms with Gasteiger partial charge in [0.05, 0.1) is 5.60 Å². The van der Waals surface area contributed by atoms with Crippen LogP contribution in [-0.4, -0.2) is 28.7 Å². The quantitative estimate of drug-likeness (QED) is 0.907. The van der Waals surface area contributed by atoms with Crippen molar-refractivity contribution >= 4 is 11.8 Å². The van der Waals surface area contributed by atoms with Crippen molar-refractivity contribution in [3.8, 4) is 0 Å². The number of rotatable bonds is 4. The molecule has 0 saturated heterocycles. The van der Waals surface area contributed by atoms with Crippen LogP contribution in [0.3, 0.4) is 0 Å². The maximum atomic E-state index is 10.5. The molecule has 1 aromatic rings. The normalized spacial score (nSPS) is 23.6. The minimum atomic E-state index is -0.700. The van der Waals surface area contributed by atoms with E-state index in [2.05, 4.69) is 37.1 Å². The van der Waals surface area contributed by atoms with Crippen LogP contribution < -0.4 is 0 Å². The summed E-state index contributed by atoms with van der Waals surface area (Å²) in [6, 6.07) is 10.3. The van der Waals surface area contributed by atoms with E-state index in [1.54, 1.807) is 11.8 Å². The van der Waals surface area contributed by atoms with Gasteiger partial charge in [0.25, 0.3) is 0 Å². The van der Waals surface area contributed by atoms with Crippen LogP contribution >= 0.6 is 11.8 Å². The molecule has 0 saturated carbocycles. The van der Waals surface area contributed by atoms with Gasteiger partial charge in [0.1, 0.15) is 0 Å². The van der Waals surface area contributed by atoms with Gasteiger partial charge in [0.15, 0.2) is 0 Å². The fourth-order valence-electron chi connectivity index (χ4n) is 2.22. The van der Waals surface area contributed by atoms with Gasteiger partial charge in [-0.2, -0.15) is 0 Å². The second-order valence-electron chi connectivity index (χ2n) is 5.82. The molecule has 3 heteroatoms. The van der Waals surface area contributed by atoms with Crippen molar-refractivity contribution in [3.63, 3.8) is 0 Å². The molecule has 1 heterocycles. The highest BCUT2D eigenvalue weighted by atomic mass is 32.2. The largest absolute Gasteiger partial charge is 0.385 e. The molecule has 2 nitrogen and oxygen atoms in total. The highest BCUT2D eigenvalue weighted by molar-refractivity contribution is 8.03. The van der Waals surface area contributed by atoms with E-state index in [1.807, 2.05) is 25.1 Å². The maximum Gasteiger partial charge on any atom is 0.0961 e. The van der Waals surface area contributed by atoms with Gasteiger partial charge in [-0.1, -0.05) is 43.8 Å². The zero-order valence-electron chi connectivity index (χ0n) is 12.0. The van der Waals surface area contributed by atoms with Gasteiger partial charge in [-0.3, -0.25) is 0 Å². The molecular weight excluding hydrogens is 254 g/mol. The van der Waals surface area contributed by atoms with Crippen molar-refractivity contribution in [3.05, 3.63) is 41.4 Å². The molecule has 1 atom stereocenters. The van der Waals surface area contributed by atoms with E-state index in [9.17, 15) is 5.11 Å². The van der Waals surface area contributed by atoms with Crippen molar-refractivity contribution in [2.45, 2.75) is 37.7 Å². The Morgan fingerprint density at radius 2 is 2.00 bits per heavy atom. The molecule has 2 rings (SSSR count). The maximum absolute atomic E-state index is 10.5. The molecule has 1 N–H and O–H groups in total. The van der Waals surface area contributed by atoms with Crippen LogP contribution in [0, 0.1) is 5.92 Å². The minimum absolute atomic E-state index is 0.641. The Hall–Kier alpha value is -0.930. The van der Waals surface area contributed by atoms with Crippen molar-refractivity contribution < 1.29 is 5.11 Å². The van der Waals surface area contributed by atoms with Gasteiger partial charge < -0.3 is 10.0 Å². The summed E-state index contributed by atoms with van der Waals surface area (Å²) in [6.45, 7) is 8.36. The second kappa shape index (κ2) is 6.02. The van der Waals surface area contributed by atoms with Gasteiger partial charge >= 0.3 is 0 Å². The number of benzene rings is 1. The lowest BCUT2D eigenvalue weighted by Gasteiger charge is -2.36. The summed E-state index contributed by atoms with van der Waals surface area (Å²) < 4.78 is 0. The highest BCUT2D eigenvalue weighted by Crippen LogP contribution is 2.38. The monoisotopic (exact) mass is 277 g/mol. The van der Waals surface area contributed by atoms with Gasteiger partial charge in [-0.15, -0.1) is 0 Å². The second-order valence-corrected chi connectivity index (χ2v) is 6.94. The van der Waals surface area contributed by atoms with Crippen LogP contribution in [0.1, 0.15) is 27.2 Å². The number of nitrogens with zero attached hydrogens (tertiary/aromatic N) is 1. The Labute approximate surface area is 120 Å². The number of aliphatic hydroxyl groups is 1. The Morgan fingerprint density at radius 3 is 2.63 bits per heavy atom. The molecular formula is C16H23NOS. The SMILES string of the molecule is CC(C)CN1C=C(Sc2ccccc2)C(C)(O)CC1. The van der Waals surface area contributed by atoms with Crippen LogP contribution in [0.4, 0.5) is 0 Å². The average molecular weight is 277 g/mol. The first-order chi connectivity index (χ1) is 8.97. The predicted octanol–water partition coefficient (Wildman–Crippen LogP) is 3.73. The van der Waals surface area contributed by atoms with Crippen LogP contribution in [0.15, 0.2) is 46.3 Å².